The molecule has 0 saturated heterocycles. The summed E-state index contributed by atoms with van der Waals surface area (Å²) in [6.07, 6.45) is 0. The zero-order valence-electron chi connectivity index (χ0n) is 10.7. The standard InChI is InChI=1S/C15H16BrClN2/c1-10-6-7-11(8-13(10)17)15(9-18)19-14-5-3-2-4-12(14)16/h2-8,15,19H,9,18H2,1H3. The molecule has 4 heteroatoms. The molecule has 2 nitrogen and oxygen atoms in total. The van der Waals surface area contributed by atoms with Gasteiger partial charge in [-0.25, -0.2) is 0 Å². The number of para-hydroxylation sites is 1. The molecular formula is C15H16BrClN2. The molecule has 0 fully saturated rings. The Hall–Kier alpha value is -1.03. The molecule has 1 unspecified atom stereocenters. The smallest absolute Gasteiger partial charge is 0.0637 e. The maximum absolute atomic E-state index is 6.17. The van der Waals surface area contributed by atoms with Crippen LogP contribution in [-0.4, -0.2) is 6.54 Å². The number of rotatable bonds is 4. The van der Waals surface area contributed by atoms with Gasteiger partial charge in [0.15, 0.2) is 0 Å². The molecule has 0 aromatic heterocycles. The van der Waals surface area contributed by atoms with Crippen LogP contribution in [-0.2, 0) is 0 Å². The minimum Gasteiger partial charge on any atom is -0.376 e. The van der Waals surface area contributed by atoms with Gasteiger partial charge in [0.25, 0.3) is 0 Å². The molecule has 2 rings (SSSR count). The van der Waals surface area contributed by atoms with Gasteiger partial charge < -0.3 is 11.1 Å². The first kappa shape index (κ1) is 14.4. The van der Waals surface area contributed by atoms with Gasteiger partial charge in [-0.1, -0.05) is 35.9 Å². The number of halogens is 2. The van der Waals surface area contributed by atoms with Crippen LogP contribution in [0.5, 0.6) is 0 Å². The predicted octanol–water partition coefficient (Wildman–Crippen LogP) is 4.52. The first-order valence-corrected chi connectivity index (χ1v) is 7.26. The Bertz CT molecular complexity index is 572. The zero-order valence-corrected chi connectivity index (χ0v) is 13.0. The lowest BCUT2D eigenvalue weighted by molar-refractivity contribution is 0.789. The van der Waals surface area contributed by atoms with Crippen LogP contribution in [0.2, 0.25) is 5.02 Å². The lowest BCUT2D eigenvalue weighted by atomic mass is 10.0. The van der Waals surface area contributed by atoms with Gasteiger partial charge in [0, 0.05) is 21.7 Å². The summed E-state index contributed by atoms with van der Waals surface area (Å²) >= 11 is 9.69. The van der Waals surface area contributed by atoms with E-state index in [0.717, 1.165) is 26.3 Å². The minimum absolute atomic E-state index is 0.0387. The van der Waals surface area contributed by atoms with Crippen molar-refractivity contribution in [1.82, 2.24) is 0 Å². The Morgan fingerprint density at radius 2 is 2.00 bits per heavy atom. The second-order valence-corrected chi connectivity index (χ2v) is 5.68. The minimum atomic E-state index is 0.0387. The molecule has 0 aliphatic rings. The van der Waals surface area contributed by atoms with Gasteiger partial charge in [-0.2, -0.15) is 0 Å². The quantitative estimate of drug-likeness (QED) is 0.859. The van der Waals surface area contributed by atoms with Crippen molar-refractivity contribution in [2.24, 2.45) is 5.73 Å². The predicted molar refractivity (Wildman–Crippen MR) is 85.7 cm³/mol. The highest BCUT2D eigenvalue weighted by Crippen LogP contribution is 2.27. The van der Waals surface area contributed by atoms with E-state index in [4.69, 9.17) is 17.3 Å². The van der Waals surface area contributed by atoms with Crippen LogP contribution in [0, 0.1) is 6.92 Å². The van der Waals surface area contributed by atoms with Crippen molar-refractivity contribution in [3.63, 3.8) is 0 Å². The normalized spacial score (nSPS) is 12.2. The van der Waals surface area contributed by atoms with Gasteiger partial charge in [0.2, 0.25) is 0 Å². The van der Waals surface area contributed by atoms with Gasteiger partial charge in [0.1, 0.15) is 0 Å². The fourth-order valence-corrected chi connectivity index (χ4v) is 2.46. The fraction of sp³-hybridized carbons (Fsp3) is 0.200. The van der Waals surface area contributed by atoms with Gasteiger partial charge in [-0.3, -0.25) is 0 Å². The summed E-state index contributed by atoms with van der Waals surface area (Å²) in [5, 5.41) is 4.20. The maximum Gasteiger partial charge on any atom is 0.0637 e. The van der Waals surface area contributed by atoms with Crippen LogP contribution >= 0.6 is 27.5 Å². The topological polar surface area (TPSA) is 38.0 Å². The first-order chi connectivity index (χ1) is 9.11. The van der Waals surface area contributed by atoms with Crippen LogP contribution in [0.15, 0.2) is 46.9 Å². The van der Waals surface area contributed by atoms with Crippen molar-refractivity contribution in [3.05, 3.63) is 63.1 Å². The van der Waals surface area contributed by atoms with E-state index in [2.05, 4.69) is 27.3 Å². The van der Waals surface area contributed by atoms with Crippen LogP contribution < -0.4 is 11.1 Å². The third kappa shape index (κ3) is 3.50. The molecule has 0 radical (unpaired) electrons. The Morgan fingerprint density at radius 3 is 2.63 bits per heavy atom. The van der Waals surface area contributed by atoms with Gasteiger partial charge in [-0.15, -0.1) is 0 Å². The van der Waals surface area contributed by atoms with Crippen LogP contribution in [0.3, 0.4) is 0 Å². The second kappa shape index (κ2) is 6.42. The highest BCUT2D eigenvalue weighted by atomic mass is 79.9. The summed E-state index contributed by atoms with van der Waals surface area (Å²) in [6, 6.07) is 14.1. The average Bonchev–Trinajstić information content (AvgIpc) is 2.41. The monoisotopic (exact) mass is 338 g/mol. The number of nitrogens with one attached hydrogen (secondary N) is 1. The SMILES string of the molecule is Cc1ccc(C(CN)Nc2ccccc2Br)cc1Cl. The van der Waals surface area contributed by atoms with Crippen molar-refractivity contribution in [2.75, 3.05) is 11.9 Å². The molecule has 0 amide bonds. The number of hydrogen-bond donors (Lipinski definition) is 2. The fourth-order valence-electron chi connectivity index (χ4n) is 1.87. The lowest BCUT2D eigenvalue weighted by Crippen LogP contribution is -2.20. The van der Waals surface area contributed by atoms with Crippen molar-refractivity contribution >= 4 is 33.2 Å². The molecule has 3 N–H and O–H groups in total. The molecule has 2 aromatic rings. The summed E-state index contributed by atoms with van der Waals surface area (Å²) in [5.74, 6) is 0. The third-order valence-electron chi connectivity index (χ3n) is 3.04. The van der Waals surface area contributed by atoms with E-state index in [1.807, 2.05) is 43.3 Å². The summed E-state index contributed by atoms with van der Waals surface area (Å²) in [7, 11) is 0. The Labute approximate surface area is 127 Å². The molecule has 0 bridgehead atoms. The molecule has 0 aliphatic heterocycles. The summed E-state index contributed by atoms with van der Waals surface area (Å²) < 4.78 is 1.02. The number of nitrogens with two attached hydrogens (primary N) is 1. The largest absolute Gasteiger partial charge is 0.376 e. The van der Waals surface area contributed by atoms with Crippen LogP contribution in [0.4, 0.5) is 5.69 Å². The molecule has 2 aromatic carbocycles. The second-order valence-electron chi connectivity index (χ2n) is 4.42. The van der Waals surface area contributed by atoms with Crippen molar-refractivity contribution in [3.8, 4) is 0 Å². The van der Waals surface area contributed by atoms with Gasteiger partial charge in [0.05, 0.1) is 6.04 Å². The highest BCUT2D eigenvalue weighted by Gasteiger charge is 2.11. The van der Waals surface area contributed by atoms with Crippen molar-refractivity contribution < 1.29 is 0 Å². The molecule has 19 heavy (non-hydrogen) atoms. The highest BCUT2D eigenvalue weighted by molar-refractivity contribution is 9.10. The number of hydrogen-bond acceptors (Lipinski definition) is 2. The van der Waals surface area contributed by atoms with E-state index in [9.17, 15) is 0 Å². The summed E-state index contributed by atoms with van der Waals surface area (Å²) in [5.41, 5.74) is 9.06. The van der Waals surface area contributed by atoms with Crippen molar-refractivity contribution in [2.45, 2.75) is 13.0 Å². The molecule has 1 atom stereocenters. The average molecular weight is 340 g/mol. The zero-order chi connectivity index (χ0) is 13.8. The Balaban J connectivity index is 2.25. The Kier molecular flexibility index (Phi) is 4.86. The summed E-state index contributed by atoms with van der Waals surface area (Å²) in [6.45, 7) is 2.49. The lowest BCUT2D eigenvalue weighted by Gasteiger charge is -2.20. The molecular weight excluding hydrogens is 324 g/mol. The molecule has 0 heterocycles. The third-order valence-corrected chi connectivity index (χ3v) is 4.14. The molecule has 100 valence electrons. The first-order valence-electron chi connectivity index (χ1n) is 6.09. The van der Waals surface area contributed by atoms with Crippen LogP contribution in [0.25, 0.3) is 0 Å². The van der Waals surface area contributed by atoms with E-state index in [0.29, 0.717) is 6.54 Å². The van der Waals surface area contributed by atoms with E-state index < -0.39 is 0 Å². The van der Waals surface area contributed by atoms with E-state index in [1.165, 1.54) is 0 Å². The summed E-state index contributed by atoms with van der Waals surface area (Å²) in [4.78, 5) is 0. The maximum atomic E-state index is 6.17. The number of benzene rings is 2. The van der Waals surface area contributed by atoms with Crippen LogP contribution in [0.1, 0.15) is 17.2 Å². The Morgan fingerprint density at radius 1 is 1.26 bits per heavy atom. The van der Waals surface area contributed by atoms with E-state index >= 15 is 0 Å². The van der Waals surface area contributed by atoms with Gasteiger partial charge >= 0.3 is 0 Å². The number of anilines is 1. The molecule has 0 aliphatic carbocycles. The molecule has 0 saturated carbocycles. The van der Waals surface area contributed by atoms with E-state index in [-0.39, 0.29) is 6.04 Å². The van der Waals surface area contributed by atoms with Gasteiger partial charge in [-0.05, 0) is 52.2 Å². The molecule has 0 spiro atoms. The number of aryl methyl sites for hydroxylation is 1. The van der Waals surface area contributed by atoms with Crippen molar-refractivity contribution in [1.29, 1.82) is 0 Å². The van der Waals surface area contributed by atoms with E-state index in [1.54, 1.807) is 0 Å².